The number of allylic oxidation sites excluding steroid dienone is 18. The van der Waals surface area contributed by atoms with E-state index in [2.05, 4.69) is 130 Å². The van der Waals surface area contributed by atoms with Crippen molar-refractivity contribution < 1.29 is 23.8 Å². The average Bonchev–Trinajstić information content (AvgIpc) is 3.38. The minimum atomic E-state index is -0.564. The van der Waals surface area contributed by atoms with Crippen LogP contribution in [0.5, 0.6) is 0 Å². The monoisotopic (exact) mass is 999 g/mol. The van der Waals surface area contributed by atoms with Gasteiger partial charge < -0.3 is 14.2 Å². The van der Waals surface area contributed by atoms with Crippen LogP contribution < -0.4 is 0 Å². The number of esters is 2. The standard InChI is InChI=1S/C67H114O5/c1-4-7-10-13-16-19-22-25-28-31-33-35-38-41-44-47-50-53-56-59-62-70-63-65(72-67(69)61-58-55-52-49-46-43-40-36-30-27-24-21-18-15-12-9-6-3)64-71-66(68)60-57-54-51-48-45-42-39-37-34-32-29-26-23-20-17-14-11-8-5-2/h7,10,16-21,25-30,33,35,41,44,65H,4-6,8-9,11-15,22-24,31-32,34,36-40,42-43,45-64H2,1-3H3/b10-7-,19-16-,20-17-,21-18-,28-25-,29-26-,30-27-,35-33-,44-41-. The topological polar surface area (TPSA) is 61.8 Å². The van der Waals surface area contributed by atoms with Crippen LogP contribution in [0.3, 0.4) is 0 Å². The fourth-order valence-corrected chi connectivity index (χ4v) is 8.24. The minimum Gasteiger partial charge on any atom is -0.462 e. The highest BCUT2D eigenvalue weighted by molar-refractivity contribution is 5.70. The summed E-state index contributed by atoms with van der Waals surface area (Å²) in [5.41, 5.74) is 0. The van der Waals surface area contributed by atoms with Gasteiger partial charge in [0.2, 0.25) is 0 Å². The quantitative estimate of drug-likeness (QED) is 0.0345. The first-order chi connectivity index (χ1) is 35.6. The molecule has 1 atom stereocenters. The van der Waals surface area contributed by atoms with Gasteiger partial charge in [0.25, 0.3) is 0 Å². The summed E-state index contributed by atoms with van der Waals surface area (Å²) < 4.78 is 17.5. The Hall–Kier alpha value is -3.44. The van der Waals surface area contributed by atoms with Gasteiger partial charge in [-0.1, -0.05) is 246 Å². The number of unbranched alkanes of at least 4 members (excludes halogenated alkanes) is 26. The highest BCUT2D eigenvalue weighted by atomic mass is 16.6. The van der Waals surface area contributed by atoms with Gasteiger partial charge in [-0.25, -0.2) is 0 Å². The van der Waals surface area contributed by atoms with Crippen LogP contribution in [0.15, 0.2) is 109 Å². The summed E-state index contributed by atoms with van der Waals surface area (Å²) in [6, 6.07) is 0. The number of ether oxygens (including phenoxy) is 3. The van der Waals surface area contributed by atoms with Crippen molar-refractivity contribution in [1.29, 1.82) is 0 Å². The second kappa shape index (κ2) is 61.9. The van der Waals surface area contributed by atoms with E-state index in [1.165, 1.54) is 141 Å². The first-order valence-corrected chi connectivity index (χ1v) is 30.4. The minimum absolute atomic E-state index is 0.0642. The molecule has 0 aliphatic carbocycles. The third-order valence-corrected chi connectivity index (χ3v) is 12.8. The summed E-state index contributed by atoms with van der Waals surface area (Å²) in [5.74, 6) is -0.424. The lowest BCUT2D eigenvalue weighted by Crippen LogP contribution is -2.30. The van der Waals surface area contributed by atoms with E-state index in [1.54, 1.807) is 0 Å². The van der Waals surface area contributed by atoms with E-state index < -0.39 is 6.10 Å². The van der Waals surface area contributed by atoms with E-state index in [4.69, 9.17) is 14.2 Å². The van der Waals surface area contributed by atoms with Gasteiger partial charge in [-0.05, 0) is 128 Å². The van der Waals surface area contributed by atoms with Crippen LogP contribution in [0.2, 0.25) is 0 Å². The number of carbonyl (C=O) groups is 2. The molecular formula is C67H114O5. The first-order valence-electron chi connectivity index (χ1n) is 30.4. The van der Waals surface area contributed by atoms with Crippen molar-refractivity contribution in [3.05, 3.63) is 109 Å². The van der Waals surface area contributed by atoms with Crippen LogP contribution in [-0.4, -0.2) is 37.9 Å². The Morgan fingerprint density at radius 3 is 1.00 bits per heavy atom. The molecule has 0 amide bonds. The Kier molecular flexibility index (Phi) is 58.9. The van der Waals surface area contributed by atoms with Crippen LogP contribution in [0.25, 0.3) is 0 Å². The van der Waals surface area contributed by atoms with Gasteiger partial charge in [-0.2, -0.15) is 0 Å². The zero-order chi connectivity index (χ0) is 52.0. The molecule has 0 radical (unpaired) electrons. The summed E-state index contributed by atoms with van der Waals surface area (Å²) >= 11 is 0. The Morgan fingerprint density at radius 1 is 0.319 bits per heavy atom. The first kappa shape index (κ1) is 68.6. The molecule has 0 fully saturated rings. The normalized spacial score (nSPS) is 13.0. The fraction of sp³-hybridized carbons (Fsp3) is 0.701. The zero-order valence-electron chi connectivity index (χ0n) is 47.4. The molecule has 0 spiro atoms. The number of hydrogen-bond donors (Lipinski definition) is 0. The molecule has 0 saturated carbocycles. The SMILES string of the molecule is CC/C=C\C/C=C\C/C=C\C/C=C\C/C=C\CCCCCCOCC(COC(=O)CCCCCCCCCCC/C=C\C/C=C\CCCCC)OC(=O)CCCCCCCCC/C=C\C/C=C\CCCCC. The molecule has 0 aromatic rings. The van der Waals surface area contributed by atoms with E-state index in [0.29, 0.717) is 19.4 Å². The van der Waals surface area contributed by atoms with Gasteiger partial charge in [0, 0.05) is 19.4 Å². The van der Waals surface area contributed by atoms with Crippen molar-refractivity contribution >= 4 is 11.9 Å². The van der Waals surface area contributed by atoms with E-state index in [9.17, 15) is 9.59 Å². The van der Waals surface area contributed by atoms with E-state index in [0.717, 1.165) is 103 Å². The molecule has 0 rings (SSSR count). The smallest absolute Gasteiger partial charge is 0.306 e. The summed E-state index contributed by atoms with van der Waals surface area (Å²) in [6.45, 7) is 7.61. The van der Waals surface area contributed by atoms with Crippen LogP contribution in [0.4, 0.5) is 0 Å². The predicted molar refractivity (Wildman–Crippen MR) is 316 cm³/mol. The molecule has 5 heteroatoms. The number of hydrogen-bond acceptors (Lipinski definition) is 5. The second-order valence-corrected chi connectivity index (χ2v) is 19.9. The molecule has 412 valence electrons. The van der Waals surface area contributed by atoms with Crippen molar-refractivity contribution in [2.24, 2.45) is 0 Å². The number of carbonyl (C=O) groups excluding carboxylic acids is 2. The Morgan fingerprint density at radius 2 is 0.625 bits per heavy atom. The van der Waals surface area contributed by atoms with Crippen molar-refractivity contribution in [2.45, 2.75) is 284 Å². The van der Waals surface area contributed by atoms with Gasteiger partial charge in [-0.15, -0.1) is 0 Å². The van der Waals surface area contributed by atoms with E-state index in [1.807, 2.05) is 0 Å². The molecular weight excluding hydrogens is 885 g/mol. The summed E-state index contributed by atoms with van der Waals surface area (Å²) in [7, 11) is 0. The predicted octanol–water partition coefficient (Wildman–Crippen LogP) is 21.1. The van der Waals surface area contributed by atoms with Crippen molar-refractivity contribution in [3.63, 3.8) is 0 Å². The van der Waals surface area contributed by atoms with Crippen LogP contribution in [-0.2, 0) is 23.8 Å². The summed E-state index contributed by atoms with van der Waals surface area (Å²) in [5, 5.41) is 0. The molecule has 0 heterocycles. The molecule has 72 heavy (non-hydrogen) atoms. The lowest BCUT2D eigenvalue weighted by molar-refractivity contribution is -0.163. The van der Waals surface area contributed by atoms with Crippen LogP contribution >= 0.6 is 0 Å². The molecule has 0 bridgehead atoms. The Bertz CT molecular complexity index is 1410. The molecule has 0 aromatic carbocycles. The van der Waals surface area contributed by atoms with Crippen molar-refractivity contribution in [1.82, 2.24) is 0 Å². The molecule has 1 unspecified atom stereocenters. The van der Waals surface area contributed by atoms with Gasteiger partial charge in [-0.3, -0.25) is 9.59 Å². The van der Waals surface area contributed by atoms with Crippen molar-refractivity contribution in [2.75, 3.05) is 19.8 Å². The van der Waals surface area contributed by atoms with Gasteiger partial charge >= 0.3 is 11.9 Å². The summed E-state index contributed by atoms with van der Waals surface area (Å²) in [6.07, 6.45) is 85.4. The summed E-state index contributed by atoms with van der Waals surface area (Å²) in [4.78, 5) is 25.6. The van der Waals surface area contributed by atoms with Gasteiger partial charge in [0.1, 0.15) is 6.61 Å². The third-order valence-electron chi connectivity index (χ3n) is 12.8. The second-order valence-electron chi connectivity index (χ2n) is 19.9. The van der Waals surface area contributed by atoms with Gasteiger partial charge in [0.05, 0.1) is 6.61 Å². The van der Waals surface area contributed by atoms with E-state index >= 15 is 0 Å². The fourth-order valence-electron chi connectivity index (χ4n) is 8.24. The molecule has 0 aliphatic heterocycles. The van der Waals surface area contributed by atoms with Gasteiger partial charge in [0.15, 0.2) is 6.10 Å². The Labute approximate surface area is 446 Å². The number of rotatable bonds is 55. The lowest BCUT2D eigenvalue weighted by Gasteiger charge is -2.18. The molecule has 0 saturated heterocycles. The van der Waals surface area contributed by atoms with E-state index in [-0.39, 0.29) is 25.2 Å². The highest BCUT2D eigenvalue weighted by Gasteiger charge is 2.17. The maximum atomic E-state index is 12.9. The average molecular weight is 1000 g/mol. The van der Waals surface area contributed by atoms with Crippen LogP contribution in [0, 0.1) is 0 Å². The zero-order valence-corrected chi connectivity index (χ0v) is 47.4. The Balaban J connectivity index is 4.37. The highest BCUT2D eigenvalue weighted by Crippen LogP contribution is 2.15. The molecule has 5 nitrogen and oxygen atoms in total. The molecule has 0 aliphatic rings. The lowest BCUT2D eigenvalue weighted by atomic mass is 10.1. The maximum absolute atomic E-state index is 12.9. The molecule has 0 aromatic heterocycles. The maximum Gasteiger partial charge on any atom is 0.306 e. The largest absolute Gasteiger partial charge is 0.462 e. The van der Waals surface area contributed by atoms with Crippen LogP contribution in [0.1, 0.15) is 278 Å². The molecule has 0 N–H and O–H groups in total. The van der Waals surface area contributed by atoms with Crippen molar-refractivity contribution in [3.8, 4) is 0 Å². The third kappa shape index (κ3) is 59.1.